The largest absolute Gasteiger partial charge is 0.496 e. The Morgan fingerprint density at radius 1 is 1.16 bits per heavy atom. The molecule has 1 fully saturated rings. The zero-order valence-corrected chi connectivity index (χ0v) is 25.4. The van der Waals surface area contributed by atoms with Gasteiger partial charge in [-0.2, -0.15) is 0 Å². The number of benzene rings is 2. The molecular formula is C30H29ClN6O5S. The van der Waals surface area contributed by atoms with E-state index in [4.69, 9.17) is 33.3 Å². The molecule has 2 aromatic carbocycles. The summed E-state index contributed by atoms with van der Waals surface area (Å²) in [6.45, 7) is 3.72. The second-order valence-corrected chi connectivity index (χ2v) is 10.7. The molecule has 2 N–H and O–H groups in total. The van der Waals surface area contributed by atoms with Gasteiger partial charge in [0.25, 0.3) is 5.69 Å². The number of nitrogens with zero attached hydrogens (tertiary/aromatic N) is 4. The topological polar surface area (TPSA) is 124 Å². The Labute approximate surface area is 258 Å². The molecule has 2 aromatic heterocycles. The summed E-state index contributed by atoms with van der Waals surface area (Å²) >= 11 is 12.5. The summed E-state index contributed by atoms with van der Waals surface area (Å²) < 4.78 is 12.0. The Kier molecular flexibility index (Phi) is 8.62. The van der Waals surface area contributed by atoms with Gasteiger partial charge in [0.05, 0.1) is 46.6 Å². The van der Waals surface area contributed by atoms with Gasteiger partial charge in [-0.1, -0.05) is 17.7 Å². The molecule has 2 unspecified atom stereocenters. The van der Waals surface area contributed by atoms with Crippen LogP contribution >= 0.6 is 23.8 Å². The Balaban J connectivity index is 1.64. The minimum Gasteiger partial charge on any atom is -0.496 e. The van der Waals surface area contributed by atoms with Crippen molar-refractivity contribution >= 4 is 51.9 Å². The van der Waals surface area contributed by atoms with E-state index in [2.05, 4.69) is 15.6 Å². The van der Waals surface area contributed by atoms with Crippen molar-refractivity contribution in [2.45, 2.75) is 25.9 Å². The fourth-order valence-corrected chi connectivity index (χ4v) is 6.01. The molecule has 1 aliphatic rings. The molecule has 0 saturated carbocycles. The number of thiocarbonyl (C=S) groups is 1. The molecule has 222 valence electrons. The van der Waals surface area contributed by atoms with Gasteiger partial charge in [-0.05, 0) is 80.2 Å². The van der Waals surface area contributed by atoms with Crippen LogP contribution in [0.2, 0.25) is 5.02 Å². The van der Waals surface area contributed by atoms with Crippen LogP contribution in [0.5, 0.6) is 5.75 Å². The third-order valence-corrected chi connectivity index (χ3v) is 7.91. The van der Waals surface area contributed by atoms with Crippen LogP contribution < -0.4 is 20.3 Å². The maximum Gasteiger partial charge on any atom is 0.296 e. The Morgan fingerprint density at radius 2 is 1.95 bits per heavy atom. The van der Waals surface area contributed by atoms with Gasteiger partial charge in [0, 0.05) is 30.4 Å². The van der Waals surface area contributed by atoms with Crippen LogP contribution in [0.1, 0.15) is 34.7 Å². The minimum absolute atomic E-state index is 0.0798. The number of ether oxygens (including phenoxy) is 2. The van der Waals surface area contributed by atoms with Crippen LogP contribution in [0, 0.1) is 24.0 Å². The van der Waals surface area contributed by atoms with E-state index in [1.165, 1.54) is 20.3 Å². The summed E-state index contributed by atoms with van der Waals surface area (Å²) in [7, 11) is 2.91. The molecule has 13 heteroatoms. The lowest BCUT2D eigenvalue weighted by Gasteiger charge is -2.28. The number of carbonyl (C=O) groups excluding carboxylic acids is 1. The number of carbonyl (C=O) groups is 1. The molecule has 1 aliphatic heterocycles. The zero-order chi connectivity index (χ0) is 30.8. The third kappa shape index (κ3) is 5.76. The molecule has 11 nitrogen and oxygen atoms in total. The van der Waals surface area contributed by atoms with E-state index in [0.29, 0.717) is 32.9 Å². The van der Waals surface area contributed by atoms with Gasteiger partial charge < -0.3 is 29.6 Å². The number of aromatic nitrogens is 2. The van der Waals surface area contributed by atoms with Crippen molar-refractivity contribution in [2.75, 3.05) is 31.0 Å². The first-order valence-electron chi connectivity index (χ1n) is 13.2. The van der Waals surface area contributed by atoms with Gasteiger partial charge in [0.1, 0.15) is 18.0 Å². The van der Waals surface area contributed by atoms with Crippen molar-refractivity contribution in [3.63, 3.8) is 0 Å². The molecule has 5 rings (SSSR count). The lowest BCUT2D eigenvalue weighted by molar-refractivity contribution is -0.384. The van der Waals surface area contributed by atoms with Gasteiger partial charge in [-0.25, -0.2) is 0 Å². The number of nitrogens with one attached hydrogen (secondary N) is 2. The number of anilines is 2. The molecule has 2 atom stereocenters. The Hall–Kier alpha value is -4.52. The molecule has 0 radical (unpaired) electrons. The normalized spacial score (nSPS) is 16.2. The van der Waals surface area contributed by atoms with E-state index < -0.39 is 11.0 Å². The summed E-state index contributed by atoms with van der Waals surface area (Å²) in [5.74, 6) is 0.0623. The smallest absolute Gasteiger partial charge is 0.296 e. The highest BCUT2D eigenvalue weighted by Crippen LogP contribution is 2.45. The minimum atomic E-state index is -0.416. The number of methoxy groups -OCH3 is 2. The average molecular weight is 621 g/mol. The standard InChI is InChI=1S/C30H29ClN6O5S/c1-17-13-21(18(2)35(17)25-11-9-20(42-4)15-26(25)37(39)40)29-28(24-7-5-6-12-32-24)34-30(43)36(29)19-8-10-23(22(31)14-19)33-27(38)16-41-3/h5-15,28-29H,16H2,1-4H3,(H,33,38)(H,34,43). The molecule has 0 bridgehead atoms. The predicted molar refractivity (Wildman–Crippen MR) is 168 cm³/mol. The van der Waals surface area contributed by atoms with Gasteiger partial charge in [0.15, 0.2) is 5.11 Å². The van der Waals surface area contributed by atoms with Crippen LogP contribution in [-0.4, -0.2) is 46.3 Å². The third-order valence-electron chi connectivity index (χ3n) is 7.29. The maximum absolute atomic E-state index is 12.1. The van der Waals surface area contributed by atoms with Crippen LogP contribution in [0.4, 0.5) is 17.1 Å². The summed E-state index contributed by atoms with van der Waals surface area (Å²) in [5.41, 5.74) is 4.72. The fraction of sp³-hybridized carbons (Fsp3) is 0.233. The number of rotatable bonds is 9. The van der Waals surface area contributed by atoms with Crippen LogP contribution in [-0.2, 0) is 9.53 Å². The van der Waals surface area contributed by atoms with Crippen molar-refractivity contribution in [1.82, 2.24) is 14.9 Å². The first kappa shape index (κ1) is 30.0. The zero-order valence-electron chi connectivity index (χ0n) is 23.8. The molecule has 0 spiro atoms. The van der Waals surface area contributed by atoms with Crippen LogP contribution in [0.3, 0.4) is 0 Å². The highest BCUT2D eigenvalue weighted by Gasteiger charge is 2.42. The van der Waals surface area contributed by atoms with Crippen molar-refractivity contribution in [3.05, 3.63) is 105 Å². The van der Waals surface area contributed by atoms with Gasteiger partial charge in [-0.15, -0.1) is 0 Å². The molecule has 43 heavy (non-hydrogen) atoms. The van der Waals surface area contributed by atoms with Crippen molar-refractivity contribution in [1.29, 1.82) is 0 Å². The molecule has 4 aromatic rings. The van der Waals surface area contributed by atoms with Crippen molar-refractivity contribution in [3.8, 4) is 11.4 Å². The molecule has 3 heterocycles. The Bertz CT molecular complexity index is 1710. The number of hydrogen-bond donors (Lipinski definition) is 2. The number of nitro benzene ring substituents is 1. The number of amides is 1. The highest BCUT2D eigenvalue weighted by atomic mass is 35.5. The van der Waals surface area contributed by atoms with E-state index in [1.54, 1.807) is 30.5 Å². The fourth-order valence-electron chi connectivity index (χ4n) is 5.44. The summed E-state index contributed by atoms with van der Waals surface area (Å²) in [6.07, 6.45) is 1.72. The summed E-state index contributed by atoms with van der Waals surface area (Å²) in [4.78, 5) is 30.3. The van der Waals surface area contributed by atoms with E-state index in [9.17, 15) is 14.9 Å². The van der Waals surface area contributed by atoms with Gasteiger partial charge >= 0.3 is 0 Å². The second-order valence-electron chi connectivity index (χ2n) is 9.92. The van der Waals surface area contributed by atoms with E-state index >= 15 is 0 Å². The number of pyridine rings is 1. The molecule has 1 saturated heterocycles. The van der Waals surface area contributed by atoms with Gasteiger partial charge in [-0.3, -0.25) is 19.9 Å². The van der Waals surface area contributed by atoms with E-state index in [0.717, 1.165) is 22.6 Å². The lowest BCUT2D eigenvalue weighted by atomic mass is 9.96. The number of nitro groups is 1. The Morgan fingerprint density at radius 3 is 2.60 bits per heavy atom. The predicted octanol–water partition coefficient (Wildman–Crippen LogP) is 5.82. The van der Waals surface area contributed by atoms with Crippen LogP contribution in [0.25, 0.3) is 5.69 Å². The first-order valence-corrected chi connectivity index (χ1v) is 14.0. The highest BCUT2D eigenvalue weighted by molar-refractivity contribution is 7.80. The molecule has 1 amide bonds. The van der Waals surface area contributed by atoms with Crippen molar-refractivity contribution < 1.29 is 19.2 Å². The number of aryl methyl sites for hydroxylation is 1. The monoisotopic (exact) mass is 620 g/mol. The van der Waals surface area contributed by atoms with E-state index in [1.807, 2.05) is 53.6 Å². The average Bonchev–Trinajstić information content (AvgIpc) is 3.48. The second kappa shape index (κ2) is 12.4. The lowest BCUT2D eigenvalue weighted by Crippen LogP contribution is -2.29. The van der Waals surface area contributed by atoms with Gasteiger partial charge in [0.2, 0.25) is 5.91 Å². The molecule has 0 aliphatic carbocycles. The summed E-state index contributed by atoms with van der Waals surface area (Å²) in [6, 6.07) is 17.0. The SMILES string of the molecule is COCC(=O)Nc1ccc(N2C(=S)NC(c3ccccn3)C2c2cc(C)n(-c3ccc(OC)cc3[N+](=O)[O-])c2C)cc1Cl. The van der Waals surface area contributed by atoms with E-state index in [-0.39, 0.29) is 24.2 Å². The summed E-state index contributed by atoms with van der Waals surface area (Å²) in [5, 5.41) is 19.0. The van der Waals surface area contributed by atoms with Crippen molar-refractivity contribution in [2.24, 2.45) is 0 Å². The number of halogens is 1. The maximum atomic E-state index is 12.1. The quantitative estimate of drug-likeness (QED) is 0.135. The molecular weight excluding hydrogens is 592 g/mol. The first-order chi connectivity index (χ1) is 20.6. The number of hydrogen-bond acceptors (Lipinski definition) is 7. The van der Waals surface area contributed by atoms with Crippen LogP contribution in [0.15, 0.2) is 66.9 Å².